The minimum atomic E-state index is -4.80. The summed E-state index contributed by atoms with van der Waals surface area (Å²) in [6.07, 6.45) is 3.68. The van der Waals surface area contributed by atoms with Gasteiger partial charge < -0.3 is 9.16 Å². The lowest BCUT2D eigenvalue weighted by molar-refractivity contribution is -0.396. The van der Waals surface area contributed by atoms with Crippen LogP contribution in [0.2, 0.25) is 18.1 Å². The van der Waals surface area contributed by atoms with Gasteiger partial charge in [0.05, 0.1) is 41.2 Å². The van der Waals surface area contributed by atoms with E-state index in [4.69, 9.17) is 14.0 Å². The number of ether oxygens (including phenoxy) is 1. The molecular weight excluding hydrogens is 588 g/mol. The van der Waals surface area contributed by atoms with E-state index in [1.54, 1.807) is 26.8 Å². The Morgan fingerprint density at radius 2 is 1.76 bits per heavy atom. The van der Waals surface area contributed by atoms with Gasteiger partial charge in [-0.3, -0.25) is 30.0 Å². The van der Waals surface area contributed by atoms with E-state index in [9.17, 15) is 33.4 Å². The van der Waals surface area contributed by atoms with Gasteiger partial charge in [-0.05, 0) is 45.0 Å². The third kappa shape index (κ3) is 8.44. The molecule has 0 fully saturated rings. The smallest absolute Gasteiger partial charge is 0.410 e. The van der Waals surface area contributed by atoms with Crippen LogP contribution in [0.3, 0.4) is 0 Å². The van der Waals surface area contributed by atoms with Crippen molar-refractivity contribution in [2.45, 2.75) is 82.3 Å². The molecule has 1 amide bonds. The van der Waals surface area contributed by atoms with Crippen LogP contribution in [0.25, 0.3) is 0 Å². The lowest BCUT2D eigenvalue weighted by atomic mass is 10.1. The van der Waals surface area contributed by atoms with E-state index in [1.807, 2.05) is 0 Å². The first-order valence-electron chi connectivity index (χ1n) is 13.2. The van der Waals surface area contributed by atoms with Crippen molar-refractivity contribution >= 4 is 35.8 Å². The van der Waals surface area contributed by atoms with Crippen LogP contribution in [0.15, 0.2) is 47.9 Å². The van der Waals surface area contributed by atoms with Gasteiger partial charge in [0.15, 0.2) is 13.2 Å². The number of rotatable bonds is 11. The first kappa shape index (κ1) is 35.0. The molecule has 1 aromatic rings. The van der Waals surface area contributed by atoms with Crippen molar-refractivity contribution in [3.8, 4) is 0 Å². The van der Waals surface area contributed by atoms with Gasteiger partial charge >= 0.3 is 6.09 Å². The molecular formula is C26H40N4O10SSi. The van der Waals surface area contributed by atoms with E-state index >= 15 is 0 Å². The fraction of sp³-hybridized carbons (Fsp3) is 0.577. The highest BCUT2D eigenvalue weighted by molar-refractivity contribution is 7.89. The van der Waals surface area contributed by atoms with Crippen LogP contribution in [-0.4, -0.2) is 79.5 Å². The monoisotopic (exact) mass is 628 g/mol. The number of hydrogen-bond donors (Lipinski definition) is 0. The Balaban J connectivity index is 2.58. The second-order valence-electron chi connectivity index (χ2n) is 12.2. The van der Waals surface area contributed by atoms with Crippen LogP contribution < -0.4 is 0 Å². The number of benzene rings is 1. The quantitative estimate of drug-likeness (QED) is 0.138. The lowest BCUT2D eigenvalue weighted by Crippen LogP contribution is -2.55. The molecule has 0 saturated heterocycles. The van der Waals surface area contributed by atoms with Crippen molar-refractivity contribution in [3.05, 3.63) is 63.2 Å². The van der Waals surface area contributed by atoms with Crippen LogP contribution >= 0.6 is 0 Å². The number of sulfonamides is 1. The predicted octanol–water partition coefficient (Wildman–Crippen LogP) is 5.18. The Hall–Kier alpha value is -3.18. The first-order valence-corrected chi connectivity index (χ1v) is 17.5. The van der Waals surface area contributed by atoms with Crippen molar-refractivity contribution in [1.82, 2.24) is 9.37 Å². The summed E-state index contributed by atoms with van der Waals surface area (Å²) in [7, 11) is -7.03. The highest BCUT2D eigenvalue weighted by Crippen LogP contribution is 2.37. The third-order valence-electron chi connectivity index (χ3n) is 6.84. The molecule has 0 aromatic heterocycles. The maximum Gasteiger partial charge on any atom is 0.410 e. The van der Waals surface area contributed by atoms with Crippen molar-refractivity contribution < 1.29 is 37.1 Å². The summed E-state index contributed by atoms with van der Waals surface area (Å²) < 4.78 is 40.1. The number of amides is 1. The number of nitro groups is 2. The summed E-state index contributed by atoms with van der Waals surface area (Å²) in [5, 5.41) is 22.8. The summed E-state index contributed by atoms with van der Waals surface area (Å²) in [5.41, 5.74) is -2.51. The highest BCUT2D eigenvalue weighted by Gasteiger charge is 2.43. The fourth-order valence-corrected chi connectivity index (χ4v) is 6.17. The summed E-state index contributed by atoms with van der Waals surface area (Å²) in [6, 6.07) is 0.438. The van der Waals surface area contributed by atoms with Crippen LogP contribution in [0.5, 0.6) is 0 Å². The standard InChI is InChI=1S/C26H40N4O10SSi/c1-10-15-38-30(41(36,37)23-14-13-19(28(32)33)16-22(23)29(34)35)20-11-12-21(18-39-42(8,9)26(5,6)7)27(17-20)24(31)40-25(2,3)4/h10-14,16,20-21H,1,15,17-18H2,2-9H3. The van der Waals surface area contributed by atoms with E-state index in [0.29, 0.717) is 10.5 Å². The van der Waals surface area contributed by atoms with E-state index < -0.39 is 68.2 Å². The normalized spacial score (nSPS) is 18.2. The molecule has 2 atom stereocenters. The van der Waals surface area contributed by atoms with Gasteiger partial charge in [0.2, 0.25) is 0 Å². The molecule has 1 aromatic carbocycles. The van der Waals surface area contributed by atoms with Crippen molar-refractivity contribution in [2.24, 2.45) is 0 Å². The van der Waals surface area contributed by atoms with Crippen LogP contribution in [0.1, 0.15) is 41.5 Å². The molecule has 2 unspecified atom stereocenters. The van der Waals surface area contributed by atoms with Gasteiger partial charge in [0.25, 0.3) is 21.4 Å². The minimum Gasteiger partial charge on any atom is -0.444 e. The van der Waals surface area contributed by atoms with Crippen LogP contribution in [0.4, 0.5) is 16.2 Å². The lowest BCUT2D eigenvalue weighted by Gasteiger charge is -2.42. The zero-order valence-electron chi connectivity index (χ0n) is 25.2. The number of carbonyl (C=O) groups excluding carboxylic acids is 1. The number of nitro benzene ring substituents is 2. The number of hydroxylamine groups is 1. The topological polar surface area (TPSA) is 172 Å². The van der Waals surface area contributed by atoms with E-state index in [2.05, 4.69) is 40.4 Å². The Morgan fingerprint density at radius 1 is 1.14 bits per heavy atom. The molecule has 0 spiro atoms. The molecule has 42 heavy (non-hydrogen) atoms. The average Bonchev–Trinajstić information content (AvgIpc) is 2.85. The molecule has 1 heterocycles. The largest absolute Gasteiger partial charge is 0.444 e. The van der Waals surface area contributed by atoms with Gasteiger partial charge in [-0.15, -0.1) is 6.58 Å². The molecule has 2 rings (SSSR count). The summed E-state index contributed by atoms with van der Waals surface area (Å²) >= 11 is 0. The fourth-order valence-electron chi connectivity index (χ4n) is 3.63. The third-order valence-corrected chi connectivity index (χ3v) is 13.1. The van der Waals surface area contributed by atoms with Crippen LogP contribution in [0, 0.1) is 20.2 Å². The molecule has 234 valence electrons. The molecule has 0 aliphatic carbocycles. The summed E-state index contributed by atoms with van der Waals surface area (Å²) in [4.78, 5) is 40.4. The summed E-state index contributed by atoms with van der Waals surface area (Å²) in [6.45, 7) is 18.6. The molecule has 0 saturated carbocycles. The zero-order chi connectivity index (χ0) is 32.3. The van der Waals surface area contributed by atoms with E-state index in [1.165, 1.54) is 17.1 Å². The minimum absolute atomic E-state index is 0.104. The number of non-ortho nitro benzene ring substituents is 1. The predicted molar refractivity (Wildman–Crippen MR) is 158 cm³/mol. The molecule has 16 heteroatoms. The average molecular weight is 629 g/mol. The van der Waals surface area contributed by atoms with Gasteiger partial charge in [-0.1, -0.05) is 43.5 Å². The number of nitrogens with zero attached hydrogens (tertiary/aromatic N) is 4. The molecule has 1 aliphatic rings. The maximum absolute atomic E-state index is 13.8. The zero-order valence-corrected chi connectivity index (χ0v) is 27.0. The Labute approximate surface area is 247 Å². The van der Waals surface area contributed by atoms with E-state index in [0.717, 1.165) is 12.1 Å². The van der Waals surface area contributed by atoms with Gasteiger partial charge in [0, 0.05) is 12.6 Å². The summed E-state index contributed by atoms with van der Waals surface area (Å²) in [5.74, 6) is 0. The van der Waals surface area contributed by atoms with Crippen molar-refractivity contribution in [3.63, 3.8) is 0 Å². The SMILES string of the molecule is C=CCON(C1C=CC(CO[Si](C)(C)C(C)(C)C)N(C(=O)OC(C)(C)C)C1)S(=O)(=O)c1ccc([N+](=O)[O-])cc1[N+](=O)[O-]. The Kier molecular flexibility index (Phi) is 10.8. The second-order valence-corrected chi connectivity index (χ2v) is 18.8. The number of carbonyl (C=O) groups is 1. The maximum atomic E-state index is 13.8. The van der Waals surface area contributed by atoms with E-state index in [-0.39, 0.29) is 24.8 Å². The van der Waals surface area contributed by atoms with Crippen molar-refractivity contribution in [1.29, 1.82) is 0 Å². The molecule has 0 radical (unpaired) electrons. The number of hydrogen-bond acceptors (Lipinski definition) is 10. The van der Waals surface area contributed by atoms with Crippen LogP contribution in [-0.2, 0) is 24.0 Å². The van der Waals surface area contributed by atoms with Crippen molar-refractivity contribution in [2.75, 3.05) is 19.8 Å². The van der Waals surface area contributed by atoms with Gasteiger partial charge in [-0.2, -0.15) is 0 Å². The Bertz CT molecular complexity index is 1340. The molecule has 1 aliphatic heterocycles. The molecule has 0 bridgehead atoms. The highest BCUT2D eigenvalue weighted by atomic mass is 32.2. The van der Waals surface area contributed by atoms with Gasteiger partial charge in [0.1, 0.15) is 5.60 Å². The second kappa shape index (κ2) is 13.0. The molecule has 0 N–H and O–H groups in total. The molecule has 14 nitrogen and oxygen atoms in total. The van der Waals surface area contributed by atoms with Gasteiger partial charge in [-0.25, -0.2) is 13.2 Å². The first-order chi connectivity index (χ1) is 19.1. The Morgan fingerprint density at radius 3 is 2.26 bits per heavy atom.